The highest BCUT2D eigenvalue weighted by molar-refractivity contribution is 5.51. The van der Waals surface area contributed by atoms with Crippen LogP contribution < -0.4 is 0 Å². The molecule has 0 radical (unpaired) electrons. The third kappa shape index (κ3) is 5.29. The van der Waals surface area contributed by atoms with Gasteiger partial charge in [-0.15, -0.1) is 0 Å². The number of alkyl halides is 3. The zero-order valence-electron chi connectivity index (χ0n) is 16.0. The van der Waals surface area contributed by atoms with Crippen molar-refractivity contribution in [2.45, 2.75) is 64.2 Å². The summed E-state index contributed by atoms with van der Waals surface area (Å²) < 4.78 is 37.9. The molecule has 1 aliphatic rings. The van der Waals surface area contributed by atoms with Gasteiger partial charge in [-0.3, -0.25) is 15.0 Å². The molecule has 0 N–H and O–H groups in total. The molecule has 1 heterocycles. The standard InChI is InChI=1S/C19H25F3N2O3/c1-17(2)10-5-11-18(3,4)24(17)27-13-16(23(25)26)12-14-6-8-15(9-7-14)19(20,21)22/h6-9,12H,5,10-11,13H2,1-4H3/b16-12+. The van der Waals surface area contributed by atoms with Gasteiger partial charge in [-0.1, -0.05) is 12.1 Å². The van der Waals surface area contributed by atoms with Crippen LogP contribution in [0.3, 0.4) is 0 Å². The topological polar surface area (TPSA) is 55.6 Å². The lowest BCUT2D eigenvalue weighted by atomic mass is 9.82. The Morgan fingerprint density at radius 3 is 2.15 bits per heavy atom. The first-order valence-electron chi connectivity index (χ1n) is 8.78. The number of nitrogens with zero attached hydrogens (tertiary/aromatic N) is 2. The Bertz CT molecular complexity index is 694. The Balaban J connectivity index is 2.18. The van der Waals surface area contributed by atoms with Crippen LogP contribution in [-0.4, -0.2) is 27.7 Å². The van der Waals surface area contributed by atoms with E-state index in [2.05, 4.69) is 0 Å². The van der Waals surface area contributed by atoms with E-state index in [1.54, 1.807) is 0 Å². The van der Waals surface area contributed by atoms with Gasteiger partial charge in [-0.05, 0) is 64.7 Å². The zero-order chi connectivity index (χ0) is 20.5. The van der Waals surface area contributed by atoms with Crippen molar-refractivity contribution in [2.24, 2.45) is 0 Å². The number of nitro groups is 1. The predicted molar refractivity (Wildman–Crippen MR) is 96.2 cm³/mol. The number of hydrogen-bond donors (Lipinski definition) is 0. The molecule has 0 saturated carbocycles. The molecule has 0 aromatic heterocycles. The van der Waals surface area contributed by atoms with Crippen LogP contribution in [0.25, 0.3) is 6.08 Å². The Morgan fingerprint density at radius 1 is 1.19 bits per heavy atom. The molecule has 27 heavy (non-hydrogen) atoms. The van der Waals surface area contributed by atoms with Crippen molar-refractivity contribution in [2.75, 3.05) is 6.61 Å². The van der Waals surface area contributed by atoms with Gasteiger partial charge in [0.25, 0.3) is 5.70 Å². The number of piperidine rings is 1. The molecule has 1 aliphatic heterocycles. The van der Waals surface area contributed by atoms with Gasteiger partial charge >= 0.3 is 6.18 Å². The molecule has 8 heteroatoms. The minimum atomic E-state index is -4.44. The molecule has 2 rings (SSSR count). The summed E-state index contributed by atoms with van der Waals surface area (Å²) in [6.45, 7) is 7.85. The van der Waals surface area contributed by atoms with Crippen molar-refractivity contribution in [1.82, 2.24) is 5.06 Å². The lowest BCUT2D eigenvalue weighted by Gasteiger charge is -2.51. The van der Waals surface area contributed by atoms with Gasteiger partial charge in [-0.2, -0.15) is 18.2 Å². The highest BCUT2D eigenvalue weighted by Gasteiger charge is 2.43. The summed E-state index contributed by atoms with van der Waals surface area (Å²) in [6, 6.07) is 4.23. The van der Waals surface area contributed by atoms with Crippen LogP contribution in [0.2, 0.25) is 0 Å². The fourth-order valence-corrected chi connectivity index (χ4v) is 3.56. The van der Waals surface area contributed by atoms with Gasteiger partial charge in [0, 0.05) is 17.2 Å². The summed E-state index contributed by atoms with van der Waals surface area (Å²) in [6.07, 6.45) is -0.337. The van der Waals surface area contributed by atoms with Gasteiger partial charge in [0.2, 0.25) is 0 Å². The highest BCUT2D eigenvalue weighted by Crippen LogP contribution is 2.38. The van der Waals surface area contributed by atoms with E-state index in [0.717, 1.165) is 31.4 Å². The van der Waals surface area contributed by atoms with Gasteiger partial charge in [0.15, 0.2) is 6.61 Å². The predicted octanol–water partition coefficient (Wildman–Crippen LogP) is 5.30. The quantitative estimate of drug-likeness (QED) is 0.509. The SMILES string of the molecule is CC1(C)CCCC(C)(C)N1OC/C(=C\c1ccc(C(F)(F)F)cc1)[N+](=O)[O-]. The summed E-state index contributed by atoms with van der Waals surface area (Å²) in [5.41, 5.74) is -1.23. The molecule has 1 fully saturated rings. The molecule has 0 bridgehead atoms. The van der Waals surface area contributed by atoms with Gasteiger partial charge in [0.1, 0.15) is 0 Å². The highest BCUT2D eigenvalue weighted by atomic mass is 19.4. The first kappa shape index (κ1) is 21.4. The normalized spacial score (nSPS) is 20.5. The minimum absolute atomic E-state index is 0.216. The van der Waals surface area contributed by atoms with E-state index >= 15 is 0 Å². The van der Waals surface area contributed by atoms with E-state index in [9.17, 15) is 23.3 Å². The van der Waals surface area contributed by atoms with E-state index in [1.165, 1.54) is 18.2 Å². The Labute approximate surface area is 156 Å². The van der Waals surface area contributed by atoms with Crippen LogP contribution in [0.1, 0.15) is 58.1 Å². The molecular formula is C19H25F3N2O3. The molecule has 5 nitrogen and oxygen atoms in total. The molecule has 0 unspecified atom stereocenters. The number of hydroxylamine groups is 2. The van der Waals surface area contributed by atoms with Crippen molar-refractivity contribution in [1.29, 1.82) is 0 Å². The number of hydrogen-bond acceptors (Lipinski definition) is 4. The molecule has 1 aromatic rings. The number of rotatable bonds is 5. The van der Waals surface area contributed by atoms with Crippen LogP contribution in [0.4, 0.5) is 13.2 Å². The second kappa shape index (κ2) is 7.59. The van der Waals surface area contributed by atoms with E-state index in [1.807, 2.05) is 32.8 Å². The minimum Gasteiger partial charge on any atom is -0.287 e. The number of halogens is 3. The van der Waals surface area contributed by atoms with Crippen LogP contribution in [0, 0.1) is 10.1 Å². The van der Waals surface area contributed by atoms with Crippen molar-refractivity contribution >= 4 is 6.08 Å². The molecular weight excluding hydrogens is 361 g/mol. The zero-order valence-corrected chi connectivity index (χ0v) is 16.0. The molecule has 0 spiro atoms. The van der Waals surface area contributed by atoms with Crippen LogP contribution in [-0.2, 0) is 11.0 Å². The Morgan fingerprint density at radius 2 is 1.70 bits per heavy atom. The van der Waals surface area contributed by atoms with Gasteiger partial charge in [-0.25, -0.2) is 0 Å². The number of benzene rings is 1. The van der Waals surface area contributed by atoms with Crippen molar-refractivity contribution in [3.05, 3.63) is 51.2 Å². The lowest BCUT2D eigenvalue weighted by molar-refractivity contribution is -0.436. The third-order valence-corrected chi connectivity index (χ3v) is 4.82. The molecule has 1 saturated heterocycles. The smallest absolute Gasteiger partial charge is 0.287 e. The monoisotopic (exact) mass is 386 g/mol. The van der Waals surface area contributed by atoms with Crippen LogP contribution >= 0.6 is 0 Å². The van der Waals surface area contributed by atoms with Gasteiger partial charge < -0.3 is 0 Å². The van der Waals surface area contributed by atoms with Crippen molar-refractivity contribution in [3.8, 4) is 0 Å². The van der Waals surface area contributed by atoms with E-state index < -0.39 is 16.7 Å². The summed E-state index contributed by atoms with van der Waals surface area (Å²) >= 11 is 0. The van der Waals surface area contributed by atoms with E-state index in [0.29, 0.717) is 5.56 Å². The molecule has 0 amide bonds. The van der Waals surface area contributed by atoms with E-state index in [4.69, 9.17) is 4.84 Å². The molecule has 0 atom stereocenters. The molecule has 0 aliphatic carbocycles. The van der Waals surface area contributed by atoms with Crippen LogP contribution in [0.5, 0.6) is 0 Å². The van der Waals surface area contributed by atoms with Crippen molar-refractivity contribution in [3.63, 3.8) is 0 Å². The second-order valence-corrected chi connectivity index (χ2v) is 8.06. The third-order valence-electron chi connectivity index (χ3n) is 4.82. The van der Waals surface area contributed by atoms with Gasteiger partial charge in [0.05, 0.1) is 10.5 Å². The molecule has 1 aromatic carbocycles. The average Bonchev–Trinajstić information content (AvgIpc) is 2.51. The van der Waals surface area contributed by atoms with Crippen molar-refractivity contribution < 1.29 is 22.9 Å². The Kier molecular flexibility index (Phi) is 6.01. The first-order chi connectivity index (χ1) is 12.3. The maximum atomic E-state index is 12.6. The summed E-state index contributed by atoms with van der Waals surface area (Å²) in [5, 5.41) is 13.2. The fraction of sp³-hybridized carbons (Fsp3) is 0.579. The molecule has 150 valence electrons. The summed E-state index contributed by atoms with van der Waals surface area (Å²) in [5.74, 6) is 0. The summed E-state index contributed by atoms with van der Waals surface area (Å²) in [7, 11) is 0. The first-order valence-corrected chi connectivity index (χ1v) is 8.78. The largest absolute Gasteiger partial charge is 0.416 e. The van der Waals surface area contributed by atoms with Crippen LogP contribution in [0.15, 0.2) is 30.0 Å². The Hall–Kier alpha value is -1.93. The fourth-order valence-electron chi connectivity index (χ4n) is 3.56. The second-order valence-electron chi connectivity index (χ2n) is 8.06. The lowest BCUT2D eigenvalue weighted by Crippen LogP contribution is -2.58. The maximum absolute atomic E-state index is 12.6. The van der Waals surface area contributed by atoms with E-state index in [-0.39, 0.29) is 23.4 Å². The summed E-state index contributed by atoms with van der Waals surface area (Å²) in [4.78, 5) is 16.6. The average molecular weight is 386 g/mol. The maximum Gasteiger partial charge on any atom is 0.416 e.